The number of aryl methyl sites for hydroxylation is 1. The summed E-state index contributed by atoms with van der Waals surface area (Å²) in [7, 11) is 0. The van der Waals surface area contributed by atoms with E-state index in [0.717, 1.165) is 15.4 Å². The number of hydrogen-bond acceptors (Lipinski definition) is 5. The van der Waals surface area contributed by atoms with E-state index in [1.54, 1.807) is 13.0 Å². The average Bonchev–Trinajstić information content (AvgIpc) is 2.69. The number of benzene rings is 1. The van der Waals surface area contributed by atoms with Gasteiger partial charge in [-0.05, 0) is 35.3 Å². The van der Waals surface area contributed by atoms with Crippen LogP contribution < -0.4 is 5.73 Å². The van der Waals surface area contributed by atoms with Gasteiger partial charge in [0.15, 0.2) is 5.58 Å². The molecule has 1 heterocycles. The topological polar surface area (TPSA) is 78.3 Å². The molecule has 18 heavy (non-hydrogen) atoms. The number of fused-ring (bicyclic) bond motifs is 1. The number of hydrogen-bond donors (Lipinski definition) is 1. The van der Waals surface area contributed by atoms with Crippen molar-refractivity contribution in [2.45, 2.75) is 20.3 Å². The van der Waals surface area contributed by atoms with Crippen molar-refractivity contribution in [2.24, 2.45) is 0 Å². The third-order valence-electron chi connectivity index (χ3n) is 2.70. The molecule has 0 aliphatic heterocycles. The van der Waals surface area contributed by atoms with E-state index in [1.165, 1.54) is 0 Å². The number of aromatic nitrogens is 1. The maximum atomic E-state index is 11.5. The summed E-state index contributed by atoms with van der Waals surface area (Å²) in [6.45, 7) is 3.98. The fourth-order valence-corrected chi connectivity index (χ4v) is 2.32. The van der Waals surface area contributed by atoms with E-state index in [4.69, 9.17) is 15.0 Å². The number of carbonyl (C=O) groups excluding carboxylic acids is 1. The van der Waals surface area contributed by atoms with Gasteiger partial charge in [0.25, 0.3) is 0 Å². The van der Waals surface area contributed by atoms with Crippen LogP contribution in [-0.4, -0.2) is 17.7 Å². The highest BCUT2D eigenvalue weighted by molar-refractivity contribution is 9.10. The molecule has 0 amide bonds. The van der Waals surface area contributed by atoms with Crippen LogP contribution in [0.2, 0.25) is 0 Å². The average molecular weight is 313 g/mol. The lowest BCUT2D eigenvalue weighted by atomic mass is 10.1. The molecule has 2 N–H and O–H groups in total. The summed E-state index contributed by atoms with van der Waals surface area (Å²) in [5.41, 5.74) is 8.56. The van der Waals surface area contributed by atoms with Gasteiger partial charge in [0.05, 0.1) is 18.4 Å². The molecule has 0 atom stereocenters. The van der Waals surface area contributed by atoms with Gasteiger partial charge in [0, 0.05) is 16.2 Å². The first-order valence-corrected chi connectivity index (χ1v) is 6.32. The largest absolute Gasteiger partial charge is 0.466 e. The lowest BCUT2D eigenvalue weighted by Gasteiger charge is -2.04. The van der Waals surface area contributed by atoms with E-state index in [0.29, 0.717) is 23.6 Å². The predicted molar refractivity (Wildman–Crippen MR) is 71.2 cm³/mol. The van der Waals surface area contributed by atoms with Crippen LogP contribution in [0.15, 0.2) is 15.1 Å². The molecule has 2 rings (SSSR count). The Bertz CT molecular complexity index is 607. The lowest BCUT2D eigenvalue weighted by molar-refractivity contribution is -0.142. The Kier molecular flexibility index (Phi) is 3.56. The van der Waals surface area contributed by atoms with Gasteiger partial charge in [-0.25, -0.2) is 0 Å². The number of anilines is 1. The number of rotatable bonds is 3. The van der Waals surface area contributed by atoms with Crippen molar-refractivity contribution in [3.05, 3.63) is 21.8 Å². The zero-order chi connectivity index (χ0) is 13.3. The van der Waals surface area contributed by atoms with Crippen molar-refractivity contribution in [2.75, 3.05) is 12.3 Å². The summed E-state index contributed by atoms with van der Waals surface area (Å²) in [6, 6.07) is 1.75. The second-order valence-electron chi connectivity index (χ2n) is 3.88. The molecule has 6 heteroatoms. The Morgan fingerprint density at radius 3 is 3.00 bits per heavy atom. The summed E-state index contributed by atoms with van der Waals surface area (Å²) >= 11 is 3.35. The fourth-order valence-electron chi connectivity index (χ4n) is 1.81. The molecule has 0 radical (unpaired) electrons. The summed E-state index contributed by atoms with van der Waals surface area (Å²) in [5.74, 6) is -0.325. The highest BCUT2D eigenvalue weighted by Crippen LogP contribution is 2.33. The number of nitrogens with two attached hydrogens (primary N) is 1. The Morgan fingerprint density at radius 1 is 1.61 bits per heavy atom. The van der Waals surface area contributed by atoms with Crippen LogP contribution in [0.5, 0.6) is 0 Å². The second kappa shape index (κ2) is 4.97. The molecule has 0 aliphatic rings. The van der Waals surface area contributed by atoms with Gasteiger partial charge in [-0.15, -0.1) is 0 Å². The number of carbonyl (C=O) groups is 1. The van der Waals surface area contributed by atoms with Crippen molar-refractivity contribution in [1.82, 2.24) is 5.16 Å². The summed E-state index contributed by atoms with van der Waals surface area (Å²) in [5, 5.41) is 4.69. The van der Waals surface area contributed by atoms with E-state index < -0.39 is 0 Å². The zero-order valence-electron chi connectivity index (χ0n) is 10.1. The molecule has 2 aromatic rings. The van der Waals surface area contributed by atoms with Crippen LogP contribution in [0, 0.1) is 6.92 Å². The molecule has 0 aliphatic carbocycles. The molecule has 5 nitrogen and oxygen atoms in total. The van der Waals surface area contributed by atoms with Gasteiger partial charge in [-0.1, -0.05) is 5.16 Å². The molecular formula is C12H13BrN2O3. The first-order chi connectivity index (χ1) is 8.54. The molecule has 0 saturated carbocycles. The van der Waals surface area contributed by atoms with E-state index in [2.05, 4.69) is 21.1 Å². The maximum absolute atomic E-state index is 11.5. The smallest absolute Gasteiger partial charge is 0.312 e. The number of esters is 1. The number of ether oxygens (including phenoxy) is 1. The van der Waals surface area contributed by atoms with Gasteiger partial charge >= 0.3 is 5.97 Å². The summed E-state index contributed by atoms with van der Waals surface area (Å²) < 4.78 is 10.9. The molecule has 0 saturated heterocycles. The monoisotopic (exact) mass is 312 g/mol. The standard InChI is InChI=1S/C12H13BrN2O3/c1-3-17-10(16)5-8-11-6(2)12(14)7(13)4-9(11)18-15-8/h4H,3,5,14H2,1-2H3. The van der Waals surface area contributed by atoms with Gasteiger partial charge in [-0.3, -0.25) is 4.79 Å². The van der Waals surface area contributed by atoms with Gasteiger partial charge < -0.3 is 15.0 Å². The molecule has 0 bridgehead atoms. The van der Waals surface area contributed by atoms with Crippen LogP contribution >= 0.6 is 15.9 Å². The normalized spacial score (nSPS) is 10.8. The van der Waals surface area contributed by atoms with E-state index in [-0.39, 0.29) is 12.4 Å². The van der Waals surface area contributed by atoms with Crippen molar-refractivity contribution < 1.29 is 14.1 Å². The highest BCUT2D eigenvalue weighted by atomic mass is 79.9. The van der Waals surface area contributed by atoms with E-state index in [1.807, 2.05) is 6.92 Å². The lowest BCUT2D eigenvalue weighted by Crippen LogP contribution is -2.08. The molecule has 0 fully saturated rings. The molecule has 1 aromatic heterocycles. The Hall–Kier alpha value is -1.56. The minimum Gasteiger partial charge on any atom is -0.466 e. The number of nitrogens with zero attached hydrogens (tertiary/aromatic N) is 1. The molecule has 0 spiro atoms. The van der Waals surface area contributed by atoms with Gasteiger partial charge in [0.2, 0.25) is 0 Å². The third-order valence-corrected chi connectivity index (χ3v) is 3.36. The SMILES string of the molecule is CCOC(=O)Cc1noc2cc(Br)c(N)c(C)c12. The van der Waals surface area contributed by atoms with Crippen molar-refractivity contribution >= 4 is 38.6 Å². The molecule has 96 valence electrons. The van der Waals surface area contributed by atoms with Gasteiger partial charge in [-0.2, -0.15) is 0 Å². The fraction of sp³-hybridized carbons (Fsp3) is 0.333. The third kappa shape index (κ3) is 2.20. The summed E-state index contributed by atoms with van der Waals surface area (Å²) in [6.07, 6.45) is 0.0861. The molecular weight excluding hydrogens is 300 g/mol. The Morgan fingerprint density at radius 2 is 2.33 bits per heavy atom. The number of halogens is 1. The zero-order valence-corrected chi connectivity index (χ0v) is 11.7. The van der Waals surface area contributed by atoms with E-state index in [9.17, 15) is 4.79 Å². The van der Waals surface area contributed by atoms with E-state index >= 15 is 0 Å². The maximum Gasteiger partial charge on any atom is 0.312 e. The number of nitrogen functional groups attached to an aromatic ring is 1. The Labute approximate surface area is 112 Å². The first-order valence-electron chi connectivity index (χ1n) is 5.53. The highest BCUT2D eigenvalue weighted by Gasteiger charge is 2.17. The van der Waals surface area contributed by atoms with Gasteiger partial charge in [0.1, 0.15) is 5.69 Å². The Balaban J connectivity index is 2.47. The quantitative estimate of drug-likeness (QED) is 0.696. The van der Waals surface area contributed by atoms with Crippen LogP contribution in [0.1, 0.15) is 18.2 Å². The summed E-state index contributed by atoms with van der Waals surface area (Å²) in [4.78, 5) is 11.5. The molecule has 1 aromatic carbocycles. The van der Waals surface area contributed by atoms with Crippen LogP contribution in [0.4, 0.5) is 5.69 Å². The minimum absolute atomic E-state index is 0.0861. The van der Waals surface area contributed by atoms with Crippen LogP contribution in [0.3, 0.4) is 0 Å². The minimum atomic E-state index is -0.325. The van der Waals surface area contributed by atoms with Crippen molar-refractivity contribution in [3.63, 3.8) is 0 Å². The van der Waals surface area contributed by atoms with Crippen LogP contribution in [-0.2, 0) is 16.0 Å². The first kappa shape index (κ1) is 12.9. The van der Waals surface area contributed by atoms with Crippen LogP contribution in [0.25, 0.3) is 11.0 Å². The van der Waals surface area contributed by atoms with Crippen molar-refractivity contribution in [1.29, 1.82) is 0 Å². The molecule has 0 unspecified atom stereocenters. The second-order valence-corrected chi connectivity index (χ2v) is 4.74. The predicted octanol–water partition coefficient (Wildman–Crippen LogP) is 2.59. The van der Waals surface area contributed by atoms with Crippen molar-refractivity contribution in [3.8, 4) is 0 Å².